The predicted molar refractivity (Wildman–Crippen MR) is 81.4 cm³/mol. The van der Waals surface area contributed by atoms with Gasteiger partial charge in [-0.1, -0.05) is 35.3 Å². The molecule has 21 heavy (non-hydrogen) atoms. The van der Waals surface area contributed by atoms with Crippen molar-refractivity contribution in [2.24, 2.45) is 5.92 Å². The average molecular weight is 317 g/mol. The maximum absolute atomic E-state index is 8.82. The Morgan fingerprint density at radius 3 is 2.33 bits per heavy atom. The third-order valence-corrected chi connectivity index (χ3v) is 3.52. The van der Waals surface area contributed by atoms with Crippen LogP contribution in [0.5, 0.6) is 11.5 Å². The molecule has 0 saturated carbocycles. The second kappa shape index (κ2) is 6.99. The summed E-state index contributed by atoms with van der Waals surface area (Å²) in [6.45, 7) is 0. The molecule has 0 aliphatic heterocycles. The molecule has 0 spiro atoms. The fraction of sp³-hybridized carbons (Fsp3) is 0.125. The van der Waals surface area contributed by atoms with Crippen LogP contribution in [0.2, 0.25) is 10.0 Å². The zero-order chi connectivity index (χ0) is 15.2. The van der Waals surface area contributed by atoms with Gasteiger partial charge >= 0.3 is 0 Å². The molecule has 104 valence electrons. The Bertz CT molecular complexity index is 718. The van der Waals surface area contributed by atoms with E-state index in [1.807, 2.05) is 24.3 Å². The first-order valence-electron chi connectivity index (χ1n) is 6.13. The summed E-state index contributed by atoms with van der Waals surface area (Å²) in [6, 6.07) is 16.2. The summed E-state index contributed by atoms with van der Waals surface area (Å²) >= 11 is 11.8. The molecule has 0 bridgehead atoms. The van der Waals surface area contributed by atoms with Gasteiger partial charge in [0.2, 0.25) is 0 Å². The van der Waals surface area contributed by atoms with E-state index in [-0.39, 0.29) is 0 Å². The highest BCUT2D eigenvalue weighted by molar-refractivity contribution is 6.42. The van der Waals surface area contributed by atoms with Crippen LogP contribution in [0.1, 0.15) is 5.56 Å². The molecule has 0 heterocycles. The van der Waals surface area contributed by atoms with Crippen LogP contribution in [-0.2, 0) is 6.42 Å². The van der Waals surface area contributed by atoms with Crippen molar-refractivity contribution >= 4 is 23.2 Å². The van der Waals surface area contributed by atoms with Crippen molar-refractivity contribution < 1.29 is 4.74 Å². The molecule has 0 amide bonds. The van der Waals surface area contributed by atoms with Crippen molar-refractivity contribution in [2.45, 2.75) is 6.42 Å². The van der Waals surface area contributed by atoms with E-state index in [4.69, 9.17) is 38.5 Å². The first-order chi connectivity index (χ1) is 10.1. The molecule has 0 unspecified atom stereocenters. The third-order valence-electron chi connectivity index (χ3n) is 2.78. The quantitative estimate of drug-likeness (QED) is 0.798. The smallest absolute Gasteiger partial charge is 0.137 e. The Balaban J connectivity index is 2.16. The number of ether oxygens (including phenoxy) is 1. The van der Waals surface area contributed by atoms with Gasteiger partial charge in [-0.2, -0.15) is 10.5 Å². The predicted octanol–water partition coefficient (Wildman–Crippen LogP) is 4.99. The highest BCUT2D eigenvalue weighted by atomic mass is 35.5. The van der Waals surface area contributed by atoms with E-state index in [2.05, 4.69) is 0 Å². The number of halogens is 2. The van der Waals surface area contributed by atoms with E-state index in [1.165, 1.54) is 0 Å². The van der Waals surface area contributed by atoms with Crippen LogP contribution in [0.15, 0.2) is 42.5 Å². The van der Waals surface area contributed by atoms with Gasteiger partial charge in [-0.3, -0.25) is 0 Å². The van der Waals surface area contributed by atoms with Gasteiger partial charge in [0, 0.05) is 12.5 Å². The van der Waals surface area contributed by atoms with Crippen molar-refractivity contribution in [3.05, 3.63) is 58.1 Å². The topological polar surface area (TPSA) is 56.8 Å². The lowest BCUT2D eigenvalue weighted by molar-refractivity contribution is 0.482. The van der Waals surface area contributed by atoms with Gasteiger partial charge in [0.05, 0.1) is 22.2 Å². The molecule has 0 fully saturated rings. The van der Waals surface area contributed by atoms with E-state index < -0.39 is 5.92 Å². The molecule has 5 heteroatoms. The minimum absolute atomic E-state index is 0.367. The SMILES string of the molecule is N#CC(C#N)Cc1cccc(Oc2ccc(Cl)c(Cl)c2)c1. The molecule has 0 saturated heterocycles. The van der Waals surface area contributed by atoms with Crippen LogP contribution in [0.4, 0.5) is 0 Å². The van der Waals surface area contributed by atoms with E-state index >= 15 is 0 Å². The Hall–Kier alpha value is -2.20. The monoisotopic (exact) mass is 316 g/mol. The molecular formula is C16H10Cl2N2O. The van der Waals surface area contributed by atoms with E-state index in [0.717, 1.165) is 5.56 Å². The summed E-state index contributed by atoms with van der Waals surface area (Å²) < 4.78 is 5.69. The van der Waals surface area contributed by atoms with Gasteiger partial charge in [-0.15, -0.1) is 0 Å². The maximum Gasteiger partial charge on any atom is 0.137 e. The zero-order valence-corrected chi connectivity index (χ0v) is 12.4. The fourth-order valence-electron chi connectivity index (χ4n) is 1.77. The normalized spacial score (nSPS) is 9.95. The van der Waals surface area contributed by atoms with Crippen LogP contribution in [0, 0.1) is 28.6 Å². The number of nitrogens with zero attached hydrogens (tertiary/aromatic N) is 2. The van der Waals surface area contributed by atoms with Gasteiger partial charge in [0.15, 0.2) is 0 Å². The van der Waals surface area contributed by atoms with Gasteiger partial charge in [-0.25, -0.2) is 0 Å². The Morgan fingerprint density at radius 2 is 1.67 bits per heavy atom. The summed E-state index contributed by atoms with van der Waals surface area (Å²) in [6.07, 6.45) is 0.367. The van der Waals surface area contributed by atoms with Crippen LogP contribution < -0.4 is 4.74 Å². The highest BCUT2D eigenvalue weighted by Crippen LogP contribution is 2.29. The lowest BCUT2D eigenvalue weighted by Crippen LogP contribution is -1.98. The number of hydrogen-bond acceptors (Lipinski definition) is 3. The molecule has 0 aromatic heterocycles. The maximum atomic E-state index is 8.82. The Labute approximate surface area is 132 Å². The molecule has 0 atom stereocenters. The minimum atomic E-state index is -0.662. The first kappa shape index (κ1) is 15.2. The second-order valence-corrected chi connectivity index (χ2v) is 5.15. The fourth-order valence-corrected chi connectivity index (χ4v) is 2.06. The summed E-state index contributed by atoms with van der Waals surface area (Å²) in [5.74, 6) is 0.518. The number of nitriles is 2. The first-order valence-corrected chi connectivity index (χ1v) is 6.89. The van der Waals surface area contributed by atoms with Crippen molar-refractivity contribution in [1.82, 2.24) is 0 Å². The largest absolute Gasteiger partial charge is 0.457 e. The lowest BCUT2D eigenvalue weighted by atomic mass is 10.0. The summed E-state index contributed by atoms with van der Waals surface area (Å²) in [4.78, 5) is 0. The molecule has 0 N–H and O–H groups in total. The molecule has 0 aliphatic carbocycles. The Kier molecular flexibility index (Phi) is 5.06. The zero-order valence-electron chi connectivity index (χ0n) is 10.9. The van der Waals surface area contributed by atoms with Crippen LogP contribution >= 0.6 is 23.2 Å². The Morgan fingerprint density at radius 1 is 0.952 bits per heavy atom. The number of benzene rings is 2. The van der Waals surface area contributed by atoms with Gasteiger partial charge in [0.25, 0.3) is 0 Å². The summed E-state index contributed by atoms with van der Waals surface area (Å²) in [5, 5.41) is 18.5. The molecule has 2 aromatic carbocycles. The van der Waals surface area contributed by atoms with Crippen molar-refractivity contribution in [1.29, 1.82) is 10.5 Å². The molecule has 0 aliphatic rings. The molecule has 2 rings (SSSR count). The van der Waals surface area contributed by atoms with E-state index in [9.17, 15) is 0 Å². The van der Waals surface area contributed by atoms with Gasteiger partial charge < -0.3 is 4.74 Å². The summed E-state index contributed by atoms with van der Waals surface area (Å²) in [5.41, 5.74) is 0.862. The van der Waals surface area contributed by atoms with Gasteiger partial charge in [-0.05, 0) is 29.8 Å². The molecule has 2 aromatic rings. The van der Waals surface area contributed by atoms with Crippen LogP contribution in [0.25, 0.3) is 0 Å². The van der Waals surface area contributed by atoms with E-state index in [0.29, 0.717) is 28.0 Å². The highest BCUT2D eigenvalue weighted by Gasteiger charge is 2.08. The van der Waals surface area contributed by atoms with Crippen LogP contribution in [0.3, 0.4) is 0 Å². The summed E-state index contributed by atoms with van der Waals surface area (Å²) in [7, 11) is 0. The average Bonchev–Trinajstić information content (AvgIpc) is 2.49. The minimum Gasteiger partial charge on any atom is -0.457 e. The number of hydrogen-bond donors (Lipinski definition) is 0. The lowest BCUT2D eigenvalue weighted by Gasteiger charge is -2.08. The van der Waals surface area contributed by atoms with E-state index in [1.54, 1.807) is 30.3 Å². The standard InChI is InChI=1S/C16H10Cl2N2O/c17-15-5-4-14(8-16(15)18)21-13-3-1-2-11(7-13)6-12(9-19)10-20/h1-5,7-8,12H,6H2. The second-order valence-electron chi connectivity index (χ2n) is 4.34. The van der Waals surface area contributed by atoms with Crippen molar-refractivity contribution in [3.8, 4) is 23.6 Å². The molecule has 3 nitrogen and oxygen atoms in total. The van der Waals surface area contributed by atoms with Crippen molar-refractivity contribution in [3.63, 3.8) is 0 Å². The van der Waals surface area contributed by atoms with Gasteiger partial charge in [0.1, 0.15) is 17.4 Å². The molecule has 0 radical (unpaired) electrons. The molecular weight excluding hydrogens is 307 g/mol. The third kappa shape index (κ3) is 4.13. The van der Waals surface area contributed by atoms with Crippen molar-refractivity contribution in [2.75, 3.05) is 0 Å². The number of rotatable bonds is 4. The van der Waals surface area contributed by atoms with Crippen LogP contribution in [-0.4, -0.2) is 0 Å².